The van der Waals surface area contributed by atoms with Crippen LogP contribution in [-0.2, 0) is 4.74 Å². The van der Waals surface area contributed by atoms with E-state index in [2.05, 4.69) is 20.4 Å². The maximum absolute atomic E-state index is 12.5. The molecule has 10 heteroatoms. The number of fused-ring (bicyclic) bond motifs is 1. The highest BCUT2D eigenvalue weighted by molar-refractivity contribution is 7.14. The Hall–Kier alpha value is -3.30. The molecule has 0 saturated carbocycles. The van der Waals surface area contributed by atoms with E-state index in [4.69, 9.17) is 21.1 Å². The molecule has 29 heavy (non-hydrogen) atoms. The number of nitrogens with one attached hydrogen (secondary N) is 2. The largest absolute Gasteiger partial charge is 0.465 e. The van der Waals surface area contributed by atoms with E-state index < -0.39 is 11.9 Å². The summed E-state index contributed by atoms with van der Waals surface area (Å²) in [7, 11) is 1.28. The Bertz CT molecular complexity index is 1100. The number of rotatable bonds is 5. The van der Waals surface area contributed by atoms with Gasteiger partial charge in [-0.25, -0.2) is 9.78 Å². The van der Waals surface area contributed by atoms with Crippen LogP contribution in [0.3, 0.4) is 0 Å². The maximum Gasteiger partial charge on any atom is 0.337 e. The summed E-state index contributed by atoms with van der Waals surface area (Å²) < 4.78 is 15.3. The molecule has 0 fully saturated rings. The second-order valence-electron chi connectivity index (χ2n) is 5.87. The van der Waals surface area contributed by atoms with Gasteiger partial charge in [0.1, 0.15) is 5.69 Å². The molecule has 1 aliphatic rings. The summed E-state index contributed by atoms with van der Waals surface area (Å²) >= 11 is 7.39. The van der Waals surface area contributed by atoms with Crippen molar-refractivity contribution in [2.24, 2.45) is 0 Å². The van der Waals surface area contributed by atoms with Gasteiger partial charge in [-0.2, -0.15) is 0 Å². The van der Waals surface area contributed by atoms with Crippen molar-refractivity contribution < 1.29 is 23.8 Å². The molecular weight excluding hydrogens is 418 g/mol. The number of carbonyl (C=O) groups is 2. The van der Waals surface area contributed by atoms with E-state index in [9.17, 15) is 9.59 Å². The topological polar surface area (TPSA) is 98.8 Å². The van der Waals surface area contributed by atoms with Crippen molar-refractivity contribution in [2.45, 2.75) is 0 Å². The molecule has 0 radical (unpaired) electrons. The molecule has 2 N–H and O–H groups in total. The number of amides is 1. The summed E-state index contributed by atoms with van der Waals surface area (Å²) in [4.78, 5) is 28.5. The lowest BCUT2D eigenvalue weighted by atomic mass is 10.2. The molecule has 2 aromatic carbocycles. The molecule has 3 aromatic rings. The molecule has 1 aromatic heterocycles. The molecule has 1 amide bonds. The van der Waals surface area contributed by atoms with Crippen LogP contribution in [0.15, 0.2) is 41.8 Å². The smallest absolute Gasteiger partial charge is 0.337 e. The van der Waals surface area contributed by atoms with Gasteiger partial charge in [0.2, 0.25) is 6.79 Å². The summed E-state index contributed by atoms with van der Waals surface area (Å²) in [6.07, 6.45) is 0. The zero-order chi connectivity index (χ0) is 20.4. The molecule has 0 saturated heterocycles. The number of anilines is 3. The number of ether oxygens (including phenoxy) is 3. The van der Waals surface area contributed by atoms with Crippen molar-refractivity contribution >= 4 is 51.3 Å². The first-order valence-electron chi connectivity index (χ1n) is 8.35. The predicted molar refractivity (Wildman–Crippen MR) is 109 cm³/mol. The average molecular weight is 432 g/mol. The van der Waals surface area contributed by atoms with Gasteiger partial charge < -0.3 is 24.8 Å². The van der Waals surface area contributed by atoms with Crippen LogP contribution in [0.2, 0.25) is 5.02 Å². The van der Waals surface area contributed by atoms with Crippen molar-refractivity contribution in [2.75, 3.05) is 24.5 Å². The van der Waals surface area contributed by atoms with Crippen LogP contribution in [0, 0.1) is 0 Å². The number of thiazole rings is 1. The van der Waals surface area contributed by atoms with Gasteiger partial charge in [0.15, 0.2) is 16.6 Å². The number of aromatic nitrogens is 1. The van der Waals surface area contributed by atoms with Crippen LogP contribution in [0.25, 0.3) is 0 Å². The fourth-order valence-electron chi connectivity index (χ4n) is 2.59. The fourth-order valence-corrected chi connectivity index (χ4v) is 3.46. The number of nitrogens with zero attached hydrogens (tertiary/aromatic N) is 1. The Kier molecular flexibility index (Phi) is 5.24. The zero-order valence-electron chi connectivity index (χ0n) is 15.0. The fraction of sp³-hybridized carbons (Fsp3) is 0.105. The van der Waals surface area contributed by atoms with Gasteiger partial charge in [0.25, 0.3) is 5.91 Å². The van der Waals surface area contributed by atoms with Gasteiger partial charge >= 0.3 is 5.97 Å². The minimum Gasteiger partial charge on any atom is -0.465 e. The molecule has 0 aliphatic carbocycles. The normalized spacial score (nSPS) is 11.8. The quantitative estimate of drug-likeness (QED) is 0.581. The monoisotopic (exact) mass is 431 g/mol. The lowest BCUT2D eigenvalue weighted by Crippen LogP contribution is -2.13. The van der Waals surface area contributed by atoms with Gasteiger partial charge in [-0.1, -0.05) is 11.6 Å². The third-order valence-electron chi connectivity index (χ3n) is 4.00. The minimum absolute atomic E-state index is 0.195. The molecule has 0 spiro atoms. The standard InChI is InChI=1S/C19H14ClN3O5S/c1-26-18(25)10-2-4-12(20)13(6-10)22-17(24)14-8-29-19(23-14)21-11-3-5-15-16(7-11)28-9-27-15/h2-8H,9H2,1H3,(H,21,23)(H,22,24). The molecule has 8 nitrogen and oxygen atoms in total. The van der Waals surface area contributed by atoms with E-state index >= 15 is 0 Å². The first-order chi connectivity index (χ1) is 14.0. The van der Waals surface area contributed by atoms with Crippen LogP contribution in [0.4, 0.5) is 16.5 Å². The van der Waals surface area contributed by atoms with Crippen molar-refractivity contribution in [3.63, 3.8) is 0 Å². The highest BCUT2D eigenvalue weighted by Crippen LogP contribution is 2.35. The van der Waals surface area contributed by atoms with E-state index in [1.54, 1.807) is 17.5 Å². The zero-order valence-corrected chi connectivity index (χ0v) is 16.6. The molecule has 2 heterocycles. The number of methoxy groups -OCH3 is 1. The number of esters is 1. The third kappa shape index (κ3) is 4.10. The molecule has 0 atom stereocenters. The highest BCUT2D eigenvalue weighted by atomic mass is 35.5. The summed E-state index contributed by atoms with van der Waals surface area (Å²) in [5.74, 6) is 0.343. The average Bonchev–Trinajstić information content (AvgIpc) is 3.38. The second kappa shape index (κ2) is 7.98. The van der Waals surface area contributed by atoms with Crippen molar-refractivity contribution in [3.8, 4) is 11.5 Å². The van der Waals surface area contributed by atoms with E-state index in [0.29, 0.717) is 21.7 Å². The van der Waals surface area contributed by atoms with Gasteiger partial charge in [-0.15, -0.1) is 11.3 Å². The molecule has 0 unspecified atom stereocenters. The van der Waals surface area contributed by atoms with Gasteiger partial charge in [0.05, 0.1) is 23.4 Å². The Morgan fingerprint density at radius 3 is 2.83 bits per heavy atom. The maximum atomic E-state index is 12.5. The molecular formula is C19H14ClN3O5S. The number of carbonyl (C=O) groups excluding carboxylic acids is 2. The minimum atomic E-state index is -0.527. The number of halogens is 1. The van der Waals surface area contributed by atoms with Crippen LogP contribution < -0.4 is 20.1 Å². The van der Waals surface area contributed by atoms with E-state index in [-0.39, 0.29) is 23.7 Å². The van der Waals surface area contributed by atoms with Gasteiger partial charge in [-0.3, -0.25) is 4.79 Å². The van der Waals surface area contributed by atoms with Crippen LogP contribution >= 0.6 is 22.9 Å². The first kappa shape index (κ1) is 19.0. The Balaban J connectivity index is 1.47. The summed E-state index contributed by atoms with van der Waals surface area (Å²) in [5, 5.41) is 8.21. The molecule has 148 valence electrons. The van der Waals surface area contributed by atoms with E-state index in [1.165, 1.54) is 36.6 Å². The lowest BCUT2D eigenvalue weighted by molar-refractivity contribution is 0.0600. The predicted octanol–water partition coefficient (Wildman–Crippen LogP) is 4.31. The molecule has 0 bridgehead atoms. The van der Waals surface area contributed by atoms with Crippen molar-refractivity contribution in [3.05, 3.63) is 58.1 Å². The number of hydrogen-bond acceptors (Lipinski definition) is 8. The van der Waals surface area contributed by atoms with Crippen LogP contribution in [-0.4, -0.2) is 30.8 Å². The third-order valence-corrected chi connectivity index (χ3v) is 5.08. The Labute approximate surface area is 174 Å². The number of benzene rings is 2. The second-order valence-corrected chi connectivity index (χ2v) is 7.14. The Morgan fingerprint density at radius 2 is 2.00 bits per heavy atom. The van der Waals surface area contributed by atoms with Gasteiger partial charge in [-0.05, 0) is 30.3 Å². The van der Waals surface area contributed by atoms with Gasteiger partial charge in [0, 0.05) is 17.1 Å². The van der Waals surface area contributed by atoms with Crippen LogP contribution in [0.1, 0.15) is 20.8 Å². The SMILES string of the molecule is COC(=O)c1ccc(Cl)c(NC(=O)c2csc(Nc3ccc4c(c3)OCO4)n2)c1. The Morgan fingerprint density at radius 1 is 1.17 bits per heavy atom. The number of hydrogen-bond donors (Lipinski definition) is 2. The van der Waals surface area contributed by atoms with E-state index in [0.717, 1.165) is 5.69 Å². The molecule has 1 aliphatic heterocycles. The highest BCUT2D eigenvalue weighted by Gasteiger charge is 2.16. The molecule has 4 rings (SSSR count). The lowest BCUT2D eigenvalue weighted by Gasteiger charge is -2.08. The summed E-state index contributed by atoms with van der Waals surface area (Å²) in [6.45, 7) is 0.195. The van der Waals surface area contributed by atoms with Crippen LogP contribution in [0.5, 0.6) is 11.5 Å². The van der Waals surface area contributed by atoms with E-state index in [1.807, 2.05) is 6.07 Å². The summed E-state index contributed by atoms with van der Waals surface area (Å²) in [5.41, 5.74) is 1.52. The summed E-state index contributed by atoms with van der Waals surface area (Å²) in [6, 6.07) is 9.89. The first-order valence-corrected chi connectivity index (χ1v) is 9.60. The van der Waals surface area contributed by atoms with Crippen molar-refractivity contribution in [1.82, 2.24) is 4.98 Å². The van der Waals surface area contributed by atoms with Crippen molar-refractivity contribution in [1.29, 1.82) is 0 Å².